The van der Waals surface area contributed by atoms with Gasteiger partial charge in [0, 0.05) is 12.1 Å². The van der Waals surface area contributed by atoms with E-state index in [2.05, 4.69) is 5.32 Å². The SMILES string of the molecule is COc1cc(O)cc(OC)c1[C@H]1COC(=O)N1.Cl. The number of amides is 1. The Morgan fingerprint density at radius 3 is 2.28 bits per heavy atom. The minimum atomic E-state index is -0.479. The predicted octanol–water partition coefficient (Wildman–Crippen LogP) is 1.61. The summed E-state index contributed by atoms with van der Waals surface area (Å²) in [6, 6.07) is 2.58. The van der Waals surface area contributed by atoms with Crippen LogP contribution in [0.4, 0.5) is 4.79 Å². The number of phenols is 1. The van der Waals surface area contributed by atoms with E-state index in [1.165, 1.54) is 26.4 Å². The van der Waals surface area contributed by atoms with Crippen LogP contribution in [0.1, 0.15) is 11.6 Å². The van der Waals surface area contributed by atoms with Crippen molar-refractivity contribution in [3.8, 4) is 17.2 Å². The summed E-state index contributed by atoms with van der Waals surface area (Å²) < 4.78 is 15.2. The monoisotopic (exact) mass is 275 g/mol. The van der Waals surface area contributed by atoms with Crippen LogP contribution in [0.2, 0.25) is 0 Å². The number of aromatic hydroxyl groups is 1. The molecule has 1 aromatic carbocycles. The van der Waals surface area contributed by atoms with E-state index in [0.29, 0.717) is 17.1 Å². The molecule has 2 rings (SSSR count). The third-order valence-corrected chi connectivity index (χ3v) is 2.55. The van der Waals surface area contributed by atoms with Gasteiger partial charge in [0.05, 0.1) is 25.8 Å². The van der Waals surface area contributed by atoms with Crippen LogP contribution < -0.4 is 14.8 Å². The summed E-state index contributed by atoms with van der Waals surface area (Å²) in [5.41, 5.74) is 0.652. The Labute approximate surface area is 110 Å². The van der Waals surface area contributed by atoms with E-state index in [1.54, 1.807) is 0 Å². The number of rotatable bonds is 3. The molecule has 6 nitrogen and oxygen atoms in total. The molecule has 1 saturated heterocycles. The fraction of sp³-hybridized carbons (Fsp3) is 0.364. The highest BCUT2D eigenvalue weighted by Crippen LogP contribution is 2.38. The third-order valence-electron chi connectivity index (χ3n) is 2.55. The quantitative estimate of drug-likeness (QED) is 0.876. The molecule has 18 heavy (non-hydrogen) atoms. The van der Waals surface area contributed by atoms with Crippen molar-refractivity contribution in [3.05, 3.63) is 17.7 Å². The van der Waals surface area contributed by atoms with Crippen molar-refractivity contribution < 1.29 is 24.1 Å². The molecule has 1 heterocycles. The van der Waals surface area contributed by atoms with Gasteiger partial charge in [-0.1, -0.05) is 0 Å². The fourth-order valence-electron chi connectivity index (χ4n) is 1.81. The summed E-state index contributed by atoms with van der Waals surface area (Å²) in [6.45, 7) is 0.205. The number of carbonyl (C=O) groups excluding carboxylic acids is 1. The molecule has 0 saturated carbocycles. The van der Waals surface area contributed by atoms with Gasteiger partial charge in [0.25, 0.3) is 0 Å². The molecule has 0 bridgehead atoms. The van der Waals surface area contributed by atoms with Crippen molar-refractivity contribution in [1.29, 1.82) is 0 Å². The summed E-state index contributed by atoms with van der Waals surface area (Å²) in [5.74, 6) is 0.919. The molecule has 1 aromatic rings. The zero-order valence-electron chi connectivity index (χ0n) is 9.93. The lowest BCUT2D eigenvalue weighted by Gasteiger charge is -2.17. The Balaban J connectivity index is 0.00000162. The number of hydrogen-bond acceptors (Lipinski definition) is 5. The number of ether oxygens (including phenoxy) is 3. The molecular formula is C11H14ClNO5. The second kappa shape index (κ2) is 5.68. The van der Waals surface area contributed by atoms with Gasteiger partial charge in [-0.3, -0.25) is 0 Å². The number of carbonyl (C=O) groups is 1. The van der Waals surface area contributed by atoms with Gasteiger partial charge in [-0.25, -0.2) is 4.79 Å². The largest absolute Gasteiger partial charge is 0.508 e. The summed E-state index contributed by atoms with van der Waals surface area (Å²) >= 11 is 0. The van der Waals surface area contributed by atoms with E-state index in [4.69, 9.17) is 14.2 Å². The number of phenolic OH excluding ortho intramolecular Hbond substituents is 1. The summed E-state index contributed by atoms with van der Waals surface area (Å²) in [7, 11) is 2.96. The zero-order valence-corrected chi connectivity index (χ0v) is 10.7. The lowest BCUT2D eigenvalue weighted by molar-refractivity contribution is 0.176. The van der Waals surface area contributed by atoms with E-state index < -0.39 is 6.09 Å². The molecule has 1 fully saturated rings. The van der Waals surface area contributed by atoms with Crippen molar-refractivity contribution >= 4 is 18.5 Å². The van der Waals surface area contributed by atoms with E-state index >= 15 is 0 Å². The molecular weight excluding hydrogens is 262 g/mol. The van der Waals surface area contributed by atoms with Gasteiger partial charge >= 0.3 is 6.09 Å². The van der Waals surface area contributed by atoms with Crippen LogP contribution in [0.25, 0.3) is 0 Å². The molecule has 1 amide bonds. The Morgan fingerprint density at radius 1 is 1.33 bits per heavy atom. The molecule has 1 atom stereocenters. The number of nitrogens with one attached hydrogen (secondary N) is 1. The standard InChI is InChI=1S/C11H13NO5.ClH/c1-15-8-3-6(13)4-9(16-2)10(8)7-5-17-11(14)12-7;/h3-4,7,13H,5H2,1-2H3,(H,12,14);1H/t7-;/m1./s1. The van der Waals surface area contributed by atoms with Crippen molar-refractivity contribution in [2.24, 2.45) is 0 Å². The normalized spacial score (nSPS) is 17.4. The molecule has 0 unspecified atom stereocenters. The smallest absolute Gasteiger partial charge is 0.407 e. The Bertz CT molecular complexity index is 426. The molecule has 0 spiro atoms. The number of alkyl carbamates (subject to hydrolysis) is 1. The highest BCUT2D eigenvalue weighted by Gasteiger charge is 2.29. The van der Waals surface area contributed by atoms with E-state index in [9.17, 15) is 9.90 Å². The van der Waals surface area contributed by atoms with Crippen LogP contribution in [-0.4, -0.2) is 32.0 Å². The minimum Gasteiger partial charge on any atom is -0.508 e. The molecule has 100 valence electrons. The maximum Gasteiger partial charge on any atom is 0.407 e. The molecule has 2 N–H and O–H groups in total. The summed E-state index contributed by atoms with van der Waals surface area (Å²) in [5, 5.41) is 12.1. The van der Waals surface area contributed by atoms with Gasteiger partial charge < -0.3 is 24.6 Å². The Hall–Kier alpha value is -1.82. The van der Waals surface area contributed by atoms with Gasteiger partial charge in [0.2, 0.25) is 0 Å². The first-order valence-corrected chi connectivity index (χ1v) is 5.04. The van der Waals surface area contributed by atoms with Gasteiger partial charge in [-0.05, 0) is 0 Å². The minimum absolute atomic E-state index is 0. The topological polar surface area (TPSA) is 77.0 Å². The van der Waals surface area contributed by atoms with Crippen LogP contribution in [0, 0.1) is 0 Å². The summed E-state index contributed by atoms with van der Waals surface area (Å²) in [4.78, 5) is 11.0. The van der Waals surface area contributed by atoms with Crippen molar-refractivity contribution in [3.63, 3.8) is 0 Å². The first-order valence-electron chi connectivity index (χ1n) is 5.04. The maximum atomic E-state index is 11.0. The molecule has 1 aliphatic heterocycles. The van der Waals surface area contributed by atoms with E-state index in [-0.39, 0.29) is 30.8 Å². The average molecular weight is 276 g/mol. The number of benzene rings is 1. The zero-order chi connectivity index (χ0) is 12.4. The Kier molecular flexibility index (Phi) is 4.49. The lowest BCUT2D eigenvalue weighted by atomic mass is 10.0. The van der Waals surface area contributed by atoms with Gasteiger partial charge in [0.15, 0.2) is 0 Å². The van der Waals surface area contributed by atoms with Gasteiger partial charge in [-0.2, -0.15) is 0 Å². The maximum absolute atomic E-state index is 11.0. The Morgan fingerprint density at radius 2 is 1.89 bits per heavy atom. The number of halogens is 1. The van der Waals surface area contributed by atoms with Crippen LogP contribution in [0.3, 0.4) is 0 Å². The first-order chi connectivity index (χ1) is 8.15. The van der Waals surface area contributed by atoms with E-state index in [1.807, 2.05) is 0 Å². The average Bonchev–Trinajstić information content (AvgIpc) is 2.74. The second-order valence-corrected chi connectivity index (χ2v) is 3.56. The molecule has 1 aliphatic rings. The van der Waals surface area contributed by atoms with Crippen molar-refractivity contribution in [1.82, 2.24) is 5.32 Å². The number of methoxy groups -OCH3 is 2. The first kappa shape index (κ1) is 14.2. The van der Waals surface area contributed by atoms with Crippen molar-refractivity contribution in [2.75, 3.05) is 20.8 Å². The molecule has 0 aliphatic carbocycles. The predicted molar refractivity (Wildman–Crippen MR) is 65.7 cm³/mol. The van der Waals surface area contributed by atoms with Crippen LogP contribution in [0.5, 0.6) is 17.2 Å². The van der Waals surface area contributed by atoms with Gasteiger partial charge in [-0.15, -0.1) is 12.4 Å². The highest BCUT2D eigenvalue weighted by molar-refractivity contribution is 5.85. The van der Waals surface area contributed by atoms with Crippen LogP contribution in [0.15, 0.2) is 12.1 Å². The van der Waals surface area contributed by atoms with E-state index in [0.717, 1.165) is 0 Å². The molecule has 7 heteroatoms. The summed E-state index contributed by atoms with van der Waals surface area (Å²) in [6.07, 6.45) is -0.479. The lowest BCUT2D eigenvalue weighted by Crippen LogP contribution is -2.19. The molecule has 0 radical (unpaired) electrons. The molecule has 0 aromatic heterocycles. The third kappa shape index (κ3) is 2.53. The number of cyclic esters (lactones) is 1. The second-order valence-electron chi connectivity index (χ2n) is 3.56. The van der Waals surface area contributed by atoms with Crippen LogP contribution in [-0.2, 0) is 4.74 Å². The van der Waals surface area contributed by atoms with Crippen LogP contribution >= 0.6 is 12.4 Å². The van der Waals surface area contributed by atoms with Gasteiger partial charge in [0.1, 0.15) is 23.9 Å². The number of hydrogen-bond donors (Lipinski definition) is 2. The van der Waals surface area contributed by atoms with Crippen molar-refractivity contribution in [2.45, 2.75) is 6.04 Å². The highest BCUT2D eigenvalue weighted by atomic mass is 35.5. The fourth-order valence-corrected chi connectivity index (χ4v) is 1.81.